The summed E-state index contributed by atoms with van der Waals surface area (Å²) in [6.45, 7) is 9.92. The van der Waals surface area contributed by atoms with Crippen LogP contribution in [0.1, 0.15) is 95.2 Å². The van der Waals surface area contributed by atoms with Crippen molar-refractivity contribution in [3.05, 3.63) is 101 Å². The summed E-state index contributed by atoms with van der Waals surface area (Å²) in [7, 11) is 0. The lowest BCUT2D eigenvalue weighted by molar-refractivity contribution is -0.137. The number of pyridine rings is 1. The van der Waals surface area contributed by atoms with Crippen LogP contribution in [0.3, 0.4) is 0 Å². The smallest absolute Gasteiger partial charge is 0.255 e. The van der Waals surface area contributed by atoms with E-state index < -0.39 is 17.9 Å². The number of benzene rings is 2. The fraction of sp³-hybridized carbons (Fsp3) is 0.458. The highest BCUT2D eigenvalue weighted by Gasteiger charge is 2.39. The van der Waals surface area contributed by atoms with Crippen molar-refractivity contribution in [2.24, 2.45) is 0 Å². The molecular formula is C48H57FN8O5. The van der Waals surface area contributed by atoms with E-state index in [9.17, 15) is 28.4 Å². The van der Waals surface area contributed by atoms with Gasteiger partial charge in [0.2, 0.25) is 23.7 Å². The minimum absolute atomic E-state index is 0.0783. The molecule has 14 heteroatoms. The number of imide groups is 1. The summed E-state index contributed by atoms with van der Waals surface area (Å²) < 4.78 is 13.6. The van der Waals surface area contributed by atoms with E-state index in [0.717, 1.165) is 126 Å². The van der Waals surface area contributed by atoms with Crippen LogP contribution in [0.5, 0.6) is 0 Å². The topological polar surface area (TPSA) is 138 Å². The molecule has 7 rings (SSSR count). The molecule has 4 aliphatic heterocycles. The number of rotatable bonds is 15. The van der Waals surface area contributed by atoms with Crippen molar-refractivity contribution in [2.75, 3.05) is 76.9 Å². The number of carbonyl (C=O) groups is 5. The normalized spacial score (nSPS) is 18.6. The van der Waals surface area contributed by atoms with Crippen LogP contribution in [0, 0.1) is 17.8 Å². The van der Waals surface area contributed by atoms with Gasteiger partial charge in [-0.15, -0.1) is 0 Å². The molecule has 326 valence electrons. The zero-order valence-corrected chi connectivity index (χ0v) is 35.5. The first kappa shape index (κ1) is 44.2. The molecule has 5 heterocycles. The van der Waals surface area contributed by atoms with Gasteiger partial charge in [0.1, 0.15) is 6.04 Å². The molecule has 2 aromatic carbocycles. The molecule has 3 aromatic rings. The van der Waals surface area contributed by atoms with Crippen LogP contribution in [0.2, 0.25) is 0 Å². The number of piperazine rings is 1. The van der Waals surface area contributed by atoms with Crippen LogP contribution in [-0.4, -0.2) is 132 Å². The molecule has 3 saturated heterocycles. The Morgan fingerprint density at radius 2 is 1.63 bits per heavy atom. The molecule has 3 fully saturated rings. The van der Waals surface area contributed by atoms with Gasteiger partial charge in [-0.25, -0.2) is 4.98 Å². The number of nitrogens with one attached hydrogen (secondary N) is 2. The summed E-state index contributed by atoms with van der Waals surface area (Å²) in [5, 5.41) is 5.21. The number of aromatic nitrogens is 1. The molecule has 0 bridgehead atoms. The van der Waals surface area contributed by atoms with Gasteiger partial charge in [-0.1, -0.05) is 24.3 Å². The van der Waals surface area contributed by atoms with E-state index >= 15 is 0 Å². The monoisotopic (exact) mass is 844 g/mol. The highest BCUT2D eigenvalue weighted by Crippen LogP contribution is 2.29. The third-order valence-electron chi connectivity index (χ3n) is 12.2. The van der Waals surface area contributed by atoms with Crippen LogP contribution in [-0.2, 0) is 20.9 Å². The van der Waals surface area contributed by atoms with E-state index in [4.69, 9.17) is 0 Å². The first-order valence-corrected chi connectivity index (χ1v) is 22.1. The van der Waals surface area contributed by atoms with Gasteiger partial charge in [-0.3, -0.25) is 34.2 Å². The Morgan fingerprint density at radius 3 is 2.42 bits per heavy atom. The zero-order valence-electron chi connectivity index (χ0n) is 35.5. The minimum atomic E-state index is -0.631. The molecule has 2 N–H and O–H groups in total. The largest absolute Gasteiger partial charge is 0.369 e. The van der Waals surface area contributed by atoms with Crippen molar-refractivity contribution in [3.63, 3.8) is 0 Å². The average molecular weight is 845 g/mol. The zero-order chi connectivity index (χ0) is 43.3. The van der Waals surface area contributed by atoms with Gasteiger partial charge in [0.15, 0.2) is 0 Å². The Labute approximate surface area is 363 Å². The Balaban J connectivity index is 0.750. The fourth-order valence-corrected chi connectivity index (χ4v) is 8.63. The van der Waals surface area contributed by atoms with Crippen LogP contribution in [0.4, 0.5) is 10.1 Å². The first-order valence-electron chi connectivity index (χ1n) is 22.1. The van der Waals surface area contributed by atoms with E-state index in [0.29, 0.717) is 31.6 Å². The number of piperidine rings is 1. The Hall–Kier alpha value is -5.91. The number of unbranched alkanes of at least 4 members (excludes halogenated alkanes) is 4. The molecular weight excluding hydrogens is 788 g/mol. The number of carbonyl (C=O) groups excluding carboxylic acids is 5. The van der Waals surface area contributed by atoms with Crippen molar-refractivity contribution in [1.29, 1.82) is 0 Å². The molecule has 0 spiro atoms. The summed E-state index contributed by atoms with van der Waals surface area (Å²) in [6, 6.07) is 16.2. The number of hydrogen-bond donors (Lipinski definition) is 2. The van der Waals surface area contributed by atoms with Gasteiger partial charge in [0.25, 0.3) is 11.8 Å². The van der Waals surface area contributed by atoms with Gasteiger partial charge >= 0.3 is 0 Å². The Bertz CT molecular complexity index is 2180. The van der Waals surface area contributed by atoms with Gasteiger partial charge in [-0.2, -0.15) is 4.39 Å². The van der Waals surface area contributed by atoms with Crippen molar-refractivity contribution in [3.8, 4) is 11.8 Å². The molecule has 1 atom stereocenters. The molecule has 0 radical (unpaired) electrons. The second-order valence-corrected chi connectivity index (χ2v) is 16.4. The summed E-state index contributed by atoms with van der Waals surface area (Å²) in [5.41, 5.74) is 4.42. The second-order valence-electron chi connectivity index (χ2n) is 16.4. The third-order valence-corrected chi connectivity index (χ3v) is 12.2. The van der Waals surface area contributed by atoms with Gasteiger partial charge in [0, 0.05) is 112 Å². The molecule has 13 nitrogen and oxygen atoms in total. The lowest BCUT2D eigenvalue weighted by Gasteiger charge is -2.36. The quantitative estimate of drug-likeness (QED) is 0.0747. The number of anilines is 1. The van der Waals surface area contributed by atoms with E-state index in [-0.39, 0.29) is 35.6 Å². The predicted molar refractivity (Wildman–Crippen MR) is 235 cm³/mol. The van der Waals surface area contributed by atoms with Crippen molar-refractivity contribution >= 4 is 41.3 Å². The molecule has 4 aliphatic rings. The number of amides is 5. The summed E-state index contributed by atoms with van der Waals surface area (Å²) in [4.78, 5) is 77.1. The first-order chi connectivity index (χ1) is 30.2. The van der Waals surface area contributed by atoms with Crippen LogP contribution >= 0.6 is 0 Å². The van der Waals surface area contributed by atoms with E-state index in [1.807, 2.05) is 29.2 Å². The van der Waals surface area contributed by atoms with E-state index in [1.54, 1.807) is 23.1 Å². The molecule has 1 aromatic heterocycles. The van der Waals surface area contributed by atoms with Gasteiger partial charge in [0.05, 0.1) is 0 Å². The van der Waals surface area contributed by atoms with E-state index in [2.05, 4.69) is 54.3 Å². The average Bonchev–Trinajstić information content (AvgIpc) is 3.44. The van der Waals surface area contributed by atoms with E-state index in [1.165, 1.54) is 18.3 Å². The standard InChI is InChI=1S/C48H57FN8O5/c49-45-37(13-9-24-51-45)17-21-43(58)50-23-5-7-26-53-27-10-28-56(34-31-53)47(61)38-15-18-39(19-16-38)55-32-29-54(30-33-55)25-6-3-1-2-4-11-36-12-8-14-40-41(36)35-57(48(40)62)42-20-22-44(59)52-46(42)60/h8-9,12-19,21,24,42H,1-3,5-7,10,20,22-23,25-35H2,(H,50,58)(H,52,59,60)/b21-17+. The maximum Gasteiger partial charge on any atom is 0.255 e. The summed E-state index contributed by atoms with van der Waals surface area (Å²) in [5.74, 6) is 4.92. The number of hydrogen-bond acceptors (Lipinski definition) is 9. The maximum atomic E-state index is 13.6. The summed E-state index contributed by atoms with van der Waals surface area (Å²) >= 11 is 0. The van der Waals surface area contributed by atoms with Crippen molar-refractivity contribution in [1.82, 2.24) is 35.2 Å². The SMILES string of the molecule is O=C(/C=C/c1cccnc1F)NCCCCN1CCCN(C(=O)c2ccc(N3CCN(CCCCCC#Cc4cccc5c4CN(C4CCC(=O)NC4=O)C5=O)CC3)cc2)CC1. The van der Waals surface area contributed by atoms with Gasteiger partial charge < -0.3 is 24.9 Å². The maximum absolute atomic E-state index is 13.6. The fourth-order valence-electron chi connectivity index (χ4n) is 8.63. The van der Waals surface area contributed by atoms with Crippen molar-refractivity contribution in [2.45, 2.75) is 70.4 Å². The van der Waals surface area contributed by atoms with Crippen molar-refractivity contribution < 1.29 is 28.4 Å². The highest BCUT2D eigenvalue weighted by atomic mass is 19.1. The van der Waals surface area contributed by atoms with Crippen LogP contribution < -0.4 is 15.5 Å². The number of fused-ring (bicyclic) bond motifs is 1. The Morgan fingerprint density at radius 1 is 0.855 bits per heavy atom. The molecule has 0 aliphatic carbocycles. The second kappa shape index (κ2) is 21.7. The van der Waals surface area contributed by atoms with Crippen LogP contribution in [0.15, 0.2) is 66.9 Å². The van der Waals surface area contributed by atoms with Gasteiger partial charge in [-0.05, 0) is 118 Å². The lowest BCUT2D eigenvalue weighted by Crippen LogP contribution is -2.52. The van der Waals surface area contributed by atoms with Crippen LogP contribution in [0.25, 0.3) is 6.08 Å². The molecule has 0 saturated carbocycles. The molecule has 62 heavy (non-hydrogen) atoms. The highest BCUT2D eigenvalue weighted by molar-refractivity contribution is 6.05. The number of nitrogens with zero attached hydrogens (tertiary/aromatic N) is 6. The number of halogens is 1. The molecule has 1 unspecified atom stereocenters. The molecule has 5 amide bonds. The predicted octanol–water partition coefficient (Wildman–Crippen LogP) is 4.47. The minimum Gasteiger partial charge on any atom is -0.369 e. The summed E-state index contributed by atoms with van der Waals surface area (Å²) in [6.07, 6.45) is 11.4. The Kier molecular flexibility index (Phi) is 15.5. The lowest BCUT2D eigenvalue weighted by atomic mass is 10.0. The third kappa shape index (κ3) is 11.7.